The van der Waals surface area contributed by atoms with E-state index in [0.717, 1.165) is 5.69 Å². The molecular weight excluding hydrogens is 355 g/mol. The van der Waals surface area contributed by atoms with Gasteiger partial charge in [-0.25, -0.2) is 4.98 Å². The number of benzene rings is 2. The fourth-order valence-electron chi connectivity index (χ4n) is 1.91. The first-order valence-electron chi connectivity index (χ1n) is 6.68. The van der Waals surface area contributed by atoms with Gasteiger partial charge in [-0.05, 0) is 42.5 Å². The summed E-state index contributed by atoms with van der Waals surface area (Å²) in [6.07, 6.45) is 1.64. The third kappa shape index (κ3) is 4.26. The normalized spacial score (nSPS) is 10.4. The molecule has 0 saturated carbocycles. The molecule has 0 fully saturated rings. The van der Waals surface area contributed by atoms with Crippen LogP contribution in [0.2, 0.25) is 15.1 Å². The molecule has 0 aliphatic heterocycles. The first-order chi connectivity index (χ1) is 11.1. The van der Waals surface area contributed by atoms with Crippen molar-refractivity contribution in [3.8, 4) is 0 Å². The van der Waals surface area contributed by atoms with E-state index in [-0.39, 0.29) is 0 Å². The first kappa shape index (κ1) is 15.9. The second-order valence-corrected chi connectivity index (χ2v) is 5.93. The average Bonchev–Trinajstić information content (AvgIpc) is 2.51. The molecule has 3 aromatic rings. The summed E-state index contributed by atoms with van der Waals surface area (Å²) in [5.41, 5.74) is 1.52. The number of aromatic nitrogens is 2. The van der Waals surface area contributed by atoms with Crippen molar-refractivity contribution < 1.29 is 0 Å². The van der Waals surface area contributed by atoms with Crippen LogP contribution in [0.4, 0.5) is 23.1 Å². The number of rotatable bonds is 4. The maximum absolute atomic E-state index is 6.13. The zero-order valence-corrected chi connectivity index (χ0v) is 14.0. The van der Waals surface area contributed by atoms with E-state index in [0.29, 0.717) is 32.5 Å². The number of halogens is 3. The molecule has 116 valence electrons. The zero-order chi connectivity index (χ0) is 16.2. The molecule has 1 aromatic heterocycles. The van der Waals surface area contributed by atoms with Crippen LogP contribution in [0.15, 0.2) is 54.7 Å². The van der Waals surface area contributed by atoms with Crippen LogP contribution in [0.1, 0.15) is 0 Å². The maximum atomic E-state index is 6.13. The number of nitrogens with one attached hydrogen (secondary N) is 2. The molecule has 0 aliphatic carbocycles. The molecule has 0 aliphatic rings. The van der Waals surface area contributed by atoms with Crippen LogP contribution in [0.3, 0.4) is 0 Å². The number of anilines is 4. The summed E-state index contributed by atoms with van der Waals surface area (Å²) < 4.78 is 0. The summed E-state index contributed by atoms with van der Waals surface area (Å²) >= 11 is 18.0. The Labute approximate surface area is 148 Å². The SMILES string of the molecule is Clc1cccc(Nc2ccnc(Nc3ccc(Cl)cc3Cl)n2)c1. The van der Waals surface area contributed by atoms with Crippen molar-refractivity contribution in [2.45, 2.75) is 0 Å². The van der Waals surface area contributed by atoms with E-state index in [1.807, 2.05) is 24.3 Å². The van der Waals surface area contributed by atoms with E-state index < -0.39 is 0 Å². The Morgan fingerprint density at radius 3 is 2.43 bits per heavy atom. The van der Waals surface area contributed by atoms with Crippen molar-refractivity contribution >= 4 is 57.9 Å². The minimum Gasteiger partial charge on any atom is -0.340 e. The molecule has 4 nitrogen and oxygen atoms in total. The second-order valence-electron chi connectivity index (χ2n) is 4.65. The van der Waals surface area contributed by atoms with Crippen molar-refractivity contribution in [3.63, 3.8) is 0 Å². The van der Waals surface area contributed by atoms with E-state index in [4.69, 9.17) is 34.8 Å². The van der Waals surface area contributed by atoms with Gasteiger partial charge in [0, 0.05) is 21.9 Å². The Morgan fingerprint density at radius 1 is 0.826 bits per heavy atom. The fraction of sp³-hybridized carbons (Fsp3) is 0. The standard InChI is InChI=1S/C16H11Cl3N4/c17-10-2-1-3-12(8-10)21-15-6-7-20-16(23-15)22-14-5-4-11(18)9-13(14)19/h1-9H,(H2,20,21,22,23). The molecule has 0 unspecified atom stereocenters. The minimum absolute atomic E-state index is 0.418. The van der Waals surface area contributed by atoms with Crippen LogP contribution in [-0.4, -0.2) is 9.97 Å². The molecule has 0 atom stereocenters. The van der Waals surface area contributed by atoms with Crippen LogP contribution in [0, 0.1) is 0 Å². The molecule has 7 heteroatoms. The van der Waals surface area contributed by atoms with Crippen LogP contribution in [0.25, 0.3) is 0 Å². The highest BCUT2D eigenvalue weighted by Crippen LogP contribution is 2.27. The lowest BCUT2D eigenvalue weighted by Gasteiger charge is -2.10. The Hall–Kier alpha value is -2.01. The predicted octanol–water partition coefficient (Wildman–Crippen LogP) is 5.92. The third-order valence-electron chi connectivity index (χ3n) is 2.93. The summed E-state index contributed by atoms with van der Waals surface area (Å²) in [6, 6.07) is 14.3. The van der Waals surface area contributed by atoms with Gasteiger partial charge in [-0.1, -0.05) is 40.9 Å². The van der Waals surface area contributed by atoms with Crippen molar-refractivity contribution in [2.24, 2.45) is 0 Å². The molecule has 0 amide bonds. The van der Waals surface area contributed by atoms with Crippen LogP contribution < -0.4 is 10.6 Å². The van der Waals surface area contributed by atoms with Gasteiger partial charge >= 0.3 is 0 Å². The van der Waals surface area contributed by atoms with Gasteiger partial charge in [0.05, 0.1) is 10.7 Å². The van der Waals surface area contributed by atoms with E-state index in [9.17, 15) is 0 Å². The van der Waals surface area contributed by atoms with Gasteiger partial charge in [0.25, 0.3) is 0 Å². The molecule has 3 rings (SSSR count). The number of nitrogens with zero attached hydrogens (tertiary/aromatic N) is 2. The Balaban J connectivity index is 1.79. The second kappa shape index (κ2) is 7.04. The highest BCUT2D eigenvalue weighted by molar-refractivity contribution is 6.36. The summed E-state index contributed by atoms with van der Waals surface area (Å²) in [5.74, 6) is 1.05. The van der Waals surface area contributed by atoms with E-state index in [2.05, 4.69) is 20.6 Å². The summed E-state index contributed by atoms with van der Waals surface area (Å²) in [7, 11) is 0. The Kier molecular flexibility index (Phi) is 4.86. The lowest BCUT2D eigenvalue weighted by molar-refractivity contribution is 1.17. The highest BCUT2D eigenvalue weighted by atomic mass is 35.5. The molecule has 2 N–H and O–H groups in total. The zero-order valence-electron chi connectivity index (χ0n) is 11.7. The van der Waals surface area contributed by atoms with Gasteiger partial charge in [-0.3, -0.25) is 0 Å². The third-order valence-corrected chi connectivity index (χ3v) is 3.71. The first-order valence-corrected chi connectivity index (χ1v) is 7.81. The topological polar surface area (TPSA) is 49.8 Å². The van der Waals surface area contributed by atoms with Gasteiger partial charge in [0.2, 0.25) is 5.95 Å². The Morgan fingerprint density at radius 2 is 1.65 bits per heavy atom. The van der Waals surface area contributed by atoms with Crippen LogP contribution in [-0.2, 0) is 0 Å². The number of hydrogen-bond donors (Lipinski definition) is 2. The molecule has 0 radical (unpaired) electrons. The average molecular weight is 366 g/mol. The summed E-state index contributed by atoms with van der Waals surface area (Å²) in [5, 5.41) is 7.93. The monoisotopic (exact) mass is 364 g/mol. The minimum atomic E-state index is 0.418. The molecule has 0 saturated heterocycles. The van der Waals surface area contributed by atoms with E-state index in [1.54, 1.807) is 30.5 Å². The molecule has 0 bridgehead atoms. The lowest BCUT2D eigenvalue weighted by Crippen LogP contribution is -2.00. The van der Waals surface area contributed by atoms with Crippen molar-refractivity contribution in [2.75, 3.05) is 10.6 Å². The highest BCUT2D eigenvalue weighted by Gasteiger charge is 2.05. The molecule has 0 spiro atoms. The van der Waals surface area contributed by atoms with Crippen molar-refractivity contribution in [3.05, 3.63) is 69.8 Å². The summed E-state index contributed by atoms with van der Waals surface area (Å²) in [6.45, 7) is 0. The quantitative estimate of drug-likeness (QED) is 0.602. The van der Waals surface area contributed by atoms with Gasteiger partial charge < -0.3 is 10.6 Å². The fourth-order valence-corrected chi connectivity index (χ4v) is 2.56. The summed E-state index contributed by atoms with van der Waals surface area (Å²) in [4.78, 5) is 8.57. The molecule has 2 aromatic carbocycles. The predicted molar refractivity (Wildman–Crippen MR) is 96.5 cm³/mol. The smallest absolute Gasteiger partial charge is 0.229 e. The molecular formula is C16H11Cl3N4. The van der Waals surface area contributed by atoms with Crippen LogP contribution in [0.5, 0.6) is 0 Å². The van der Waals surface area contributed by atoms with Gasteiger partial charge in [-0.15, -0.1) is 0 Å². The van der Waals surface area contributed by atoms with Crippen LogP contribution >= 0.6 is 34.8 Å². The Bertz CT molecular complexity index is 839. The lowest BCUT2D eigenvalue weighted by atomic mass is 10.3. The van der Waals surface area contributed by atoms with Gasteiger partial charge in [0.1, 0.15) is 5.82 Å². The van der Waals surface area contributed by atoms with E-state index >= 15 is 0 Å². The molecule has 1 heterocycles. The van der Waals surface area contributed by atoms with E-state index in [1.165, 1.54) is 0 Å². The van der Waals surface area contributed by atoms with Crippen molar-refractivity contribution in [1.82, 2.24) is 9.97 Å². The maximum Gasteiger partial charge on any atom is 0.229 e. The largest absolute Gasteiger partial charge is 0.340 e. The van der Waals surface area contributed by atoms with Gasteiger partial charge in [0.15, 0.2) is 0 Å². The molecule has 23 heavy (non-hydrogen) atoms. The van der Waals surface area contributed by atoms with Gasteiger partial charge in [-0.2, -0.15) is 4.98 Å². The van der Waals surface area contributed by atoms with Crippen molar-refractivity contribution in [1.29, 1.82) is 0 Å². The number of hydrogen-bond acceptors (Lipinski definition) is 4.